The Morgan fingerprint density at radius 1 is 1.14 bits per heavy atom. The number of rotatable bonds is 4. The molecule has 2 heteroatoms. The van der Waals surface area contributed by atoms with E-state index in [9.17, 15) is 0 Å². The Morgan fingerprint density at radius 2 is 1.95 bits per heavy atom. The van der Waals surface area contributed by atoms with Crippen LogP contribution in [-0.4, -0.2) is 13.7 Å². The van der Waals surface area contributed by atoms with Gasteiger partial charge in [0, 0.05) is 12.1 Å². The topological polar surface area (TPSA) is 21.3 Å². The molecule has 1 atom stereocenters. The molecule has 110 valence electrons. The maximum absolute atomic E-state index is 5.52. The SMILES string of the molecule is CCCc1ccc(C2NCCc3c(OC)cccc32)cc1. The summed E-state index contributed by atoms with van der Waals surface area (Å²) in [6.45, 7) is 3.22. The lowest BCUT2D eigenvalue weighted by Gasteiger charge is -2.28. The molecule has 0 amide bonds. The number of aryl methyl sites for hydroxylation is 1. The molecule has 0 aliphatic carbocycles. The summed E-state index contributed by atoms with van der Waals surface area (Å²) in [6.07, 6.45) is 3.38. The van der Waals surface area contributed by atoms with Crippen molar-refractivity contribution in [1.82, 2.24) is 5.32 Å². The summed E-state index contributed by atoms with van der Waals surface area (Å²) < 4.78 is 5.52. The fraction of sp³-hybridized carbons (Fsp3) is 0.368. The van der Waals surface area contributed by atoms with E-state index in [0.717, 1.165) is 25.1 Å². The molecule has 2 aromatic carbocycles. The van der Waals surface area contributed by atoms with Crippen LogP contribution in [0.4, 0.5) is 0 Å². The van der Waals surface area contributed by atoms with Gasteiger partial charge in [-0.05, 0) is 35.6 Å². The maximum atomic E-state index is 5.52. The van der Waals surface area contributed by atoms with Gasteiger partial charge in [-0.25, -0.2) is 0 Å². The van der Waals surface area contributed by atoms with Crippen LogP contribution in [0.1, 0.15) is 41.6 Å². The monoisotopic (exact) mass is 281 g/mol. The van der Waals surface area contributed by atoms with Gasteiger partial charge in [-0.2, -0.15) is 0 Å². The molecule has 2 nitrogen and oxygen atoms in total. The van der Waals surface area contributed by atoms with Crippen molar-refractivity contribution in [3.05, 3.63) is 64.7 Å². The molecule has 0 fully saturated rings. The Labute approximate surface area is 127 Å². The molecule has 2 aromatic rings. The predicted molar refractivity (Wildman–Crippen MR) is 87.0 cm³/mol. The summed E-state index contributed by atoms with van der Waals surface area (Å²) in [5.41, 5.74) is 5.46. The van der Waals surface area contributed by atoms with E-state index < -0.39 is 0 Å². The lowest BCUT2D eigenvalue weighted by molar-refractivity contribution is 0.403. The van der Waals surface area contributed by atoms with Gasteiger partial charge in [-0.1, -0.05) is 49.7 Å². The van der Waals surface area contributed by atoms with Gasteiger partial charge in [-0.15, -0.1) is 0 Å². The second kappa shape index (κ2) is 6.31. The third-order valence-corrected chi connectivity index (χ3v) is 4.28. The highest BCUT2D eigenvalue weighted by Crippen LogP contribution is 2.33. The minimum absolute atomic E-state index is 0.277. The molecule has 1 heterocycles. The van der Waals surface area contributed by atoms with Gasteiger partial charge in [0.25, 0.3) is 0 Å². The van der Waals surface area contributed by atoms with Crippen LogP contribution in [0.25, 0.3) is 0 Å². The van der Waals surface area contributed by atoms with Crippen LogP contribution in [0.3, 0.4) is 0 Å². The van der Waals surface area contributed by atoms with Crippen molar-refractivity contribution in [3.8, 4) is 5.75 Å². The van der Waals surface area contributed by atoms with E-state index in [2.05, 4.69) is 54.7 Å². The molecular formula is C19H23NO. The number of methoxy groups -OCH3 is 1. The van der Waals surface area contributed by atoms with Crippen molar-refractivity contribution in [1.29, 1.82) is 0 Å². The summed E-state index contributed by atoms with van der Waals surface area (Å²) in [4.78, 5) is 0. The van der Waals surface area contributed by atoms with Crippen LogP contribution in [0.15, 0.2) is 42.5 Å². The standard InChI is InChI=1S/C19H23NO/c1-3-5-14-8-10-15(11-9-14)19-17-6-4-7-18(21-2)16(17)12-13-20-19/h4,6-11,19-20H,3,5,12-13H2,1-2H3. The third-order valence-electron chi connectivity index (χ3n) is 4.28. The molecule has 1 N–H and O–H groups in total. The Bertz CT molecular complexity index is 603. The van der Waals surface area contributed by atoms with E-state index in [1.54, 1.807) is 7.11 Å². The third kappa shape index (κ3) is 2.81. The van der Waals surface area contributed by atoms with E-state index in [4.69, 9.17) is 4.74 Å². The minimum atomic E-state index is 0.277. The van der Waals surface area contributed by atoms with Crippen LogP contribution in [0.2, 0.25) is 0 Å². The number of hydrogen-bond donors (Lipinski definition) is 1. The molecule has 0 aromatic heterocycles. The van der Waals surface area contributed by atoms with Gasteiger partial charge < -0.3 is 10.1 Å². The van der Waals surface area contributed by atoms with Crippen molar-refractivity contribution in [2.45, 2.75) is 32.2 Å². The van der Waals surface area contributed by atoms with Crippen molar-refractivity contribution in [2.75, 3.05) is 13.7 Å². The quantitative estimate of drug-likeness (QED) is 0.918. The molecule has 1 aliphatic heterocycles. The van der Waals surface area contributed by atoms with Gasteiger partial charge in [0.2, 0.25) is 0 Å². The van der Waals surface area contributed by atoms with Crippen LogP contribution in [0, 0.1) is 0 Å². The predicted octanol–water partition coefficient (Wildman–Crippen LogP) is 3.88. The molecule has 0 radical (unpaired) electrons. The molecule has 3 rings (SSSR count). The first-order chi connectivity index (χ1) is 10.3. The summed E-state index contributed by atoms with van der Waals surface area (Å²) in [6, 6.07) is 15.7. The first kappa shape index (κ1) is 14.2. The van der Waals surface area contributed by atoms with Gasteiger partial charge in [0.15, 0.2) is 0 Å². The minimum Gasteiger partial charge on any atom is -0.496 e. The normalized spacial score (nSPS) is 17.3. The zero-order valence-electron chi connectivity index (χ0n) is 12.9. The molecular weight excluding hydrogens is 258 g/mol. The Hall–Kier alpha value is -1.80. The lowest BCUT2D eigenvalue weighted by atomic mass is 9.89. The summed E-state index contributed by atoms with van der Waals surface area (Å²) in [5.74, 6) is 1.02. The molecule has 21 heavy (non-hydrogen) atoms. The second-order valence-electron chi connectivity index (χ2n) is 5.66. The number of ether oxygens (including phenoxy) is 1. The van der Waals surface area contributed by atoms with Crippen molar-refractivity contribution in [3.63, 3.8) is 0 Å². The molecule has 1 aliphatic rings. The zero-order valence-corrected chi connectivity index (χ0v) is 12.9. The number of nitrogens with one attached hydrogen (secondary N) is 1. The van der Waals surface area contributed by atoms with E-state index >= 15 is 0 Å². The Kier molecular flexibility index (Phi) is 4.26. The van der Waals surface area contributed by atoms with E-state index in [1.165, 1.54) is 28.7 Å². The lowest BCUT2D eigenvalue weighted by Crippen LogP contribution is -2.30. The molecule has 0 bridgehead atoms. The number of hydrogen-bond acceptors (Lipinski definition) is 2. The number of benzene rings is 2. The average molecular weight is 281 g/mol. The van der Waals surface area contributed by atoms with Gasteiger partial charge >= 0.3 is 0 Å². The van der Waals surface area contributed by atoms with Crippen LogP contribution < -0.4 is 10.1 Å². The van der Waals surface area contributed by atoms with Gasteiger partial charge in [-0.3, -0.25) is 0 Å². The maximum Gasteiger partial charge on any atom is 0.122 e. The van der Waals surface area contributed by atoms with Crippen molar-refractivity contribution in [2.24, 2.45) is 0 Å². The molecule has 0 saturated heterocycles. The average Bonchev–Trinajstić information content (AvgIpc) is 2.55. The highest BCUT2D eigenvalue weighted by atomic mass is 16.5. The highest BCUT2D eigenvalue weighted by Gasteiger charge is 2.23. The van der Waals surface area contributed by atoms with Crippen LogP contribution in [-0.2, 0) is 12.8 Å². The zero-order chi connectivity index (χ0) is 14.7. The smallest absolute Gasteiger partial charge is 0.122 e. The largest absolute Gasteiger partial charge is 0.496 e. The first-order valence-electron chi connectivity index (χ1n) is 7.81. The Balaban J connectivity index is 1.94. The van der Waals surface area contributed by atoms with E-state index in [-0.39, 0.29) is 6.04 Å². The molecule has 0 saturated carbocycles. The molecule has 1 unspecified atom stereocenters. The van der Waals surface area contributed by atoms with E-state index in [0.29, 0.717) is 0 Å². The number of fused-ring (bicyclic) bond motifs is 1. The fourth-order valence-electron chi connectivity index (χ4n) is 3.23. The second-order valence-corrected chi connectivity index (χ2v) is 5.66. The fourth-order valence-corrected chi connectivity index (χ4v) is 3.23. The van der Waals surface area contributed by atoms with Gasteiger partial charge in [0.05, 0.1) is 13.2 Å². The summed E-state index contributed by atoms with van der Waals surface area (Å²) >= 11 is 0. The Morgan fingerprint density at radius 3 is 2.67 bits per heavy atom. The van der Waals surface area contributed by atoms with Gasteiger partial charge in [0.1, 0.15) is 5.75 Å². The van der Waals surface area contributed by atoms with E-state index in [1.807, 2.05) is 0 Å². The highest BCUT2D eigenvalue weighted by molar-refractivity contribution is 5.47. The molecule has 0 spiro atoms. The summed E-state index contributed by atoms with van der Waals surface area (Å²) in [5, 5.41) is 3.64. The summed E-state index contributed by atoms with van der Waals surface area (Å²) in [7, 11) is 1.76. The van der Waals surface area contributed by atoms with Crippen LogP contribution >= 0.6 is 0 Å². The van der Waals surface area contributed by atoms with Crippen LogP contribution in [0.5, 0.6) is 5.75 Å². The first-order valence-corrected chi connectivity index (χ1v) is 7.81. The van der Waals surface area contributed by atoms with Crippen molar-refractivity contribution >= 4 is 0 Å². The van der Waals surface area contributed by atoms with Crippen molar-refractivity contribution < 1.29 is 4.74 Å².